The van der Waals surface area contributed by atoms with Gasteiger partial charge in [0.25, 0.3) is 0 Å². The van der Waals surface area contributed by atoms with E-state index in [0.29, 0.717) is 24.4 Å². The number of carbonyl (C=O) groups excluding carboxylic acids is 1. The standard InChI is InChI=1S/C16H21N3O2/c1-2-21-15-7-4-8-19(11-15)12-16(20)18-14-6-3-5-13(9-14)10-17/h3,5-6,9,15H,2,4,7-8,11-12H2,1H3,(H,18,20). The Balaban J connectivity index is 1.85. The van der Waals surface area contributed by atoms with Crippen molar-refractivity contribution in [3.05, 3.63) is 29.8 Å². The van der Waals surface area contributed by atoms with Crippen molar-refractivity contribution in [1.82, 2.24) is 4.90 Å². The fraction of sp³-hybridized carbons (Fsp3) is 0.500. The van der Waals surface area contributed by atoms with Crippen LogP contribution in [0, 0.1) is 11.3 Å². The van der Waals surface area contributed by atoms with Crippen LogP contribution in [-0.2, 0) is 9.53 Å². The molecule has 1 atom stereocenters. The van der Waals surface area contributed by atoms with Crippen LogP contribution in [0.4, 0.5) is 5.69 Å². The maximum Gasteiger partial charge on any atom is 0.238 e. The molecule has 0 radical (unpaired) electrons. The summed E-state index contributed by atoms with van der Waals surface area (Å²) in [5, 5.41) is 11.7. The lowest BCUT2D eigenvalue weighted by Crippen LogP contribution is -2.43. The van der Waals surface area contributed by atoms with Crippen molar-refractivity contribution >= 4 is 11.6 Å². The lowest BCUT2D eigenvalue weighted by molar-refractivity contribution is -0.118. The van der Waals surface area contributed by atoms with Crippen LogP contribution in [0.1, 0.15) is 25.3 Å². The number of ether oxygens (including phenoxy) is 1. The Hall–Kier alpha value is -1.90. The molecule has 1 heterocycles. The molecule has 0 bridgehead atoms. The van der Waals surface area contributed by atoms with Crippen LogP contribution < -0.4 is 5.32 Å². The summed E-state index contributed by atoms with van der Waals surface area (Å²) in [5.41, 5.74) is 1.21. The first kappa shape index (κ1) is 15.5. The van der Waals surface area contributed by atoms with Crippen LogP contribution in [-0.4, -0.2) is 43.2 Å². The van der Waals surface area contributed by atoms with E-state index < -0.39 is 0 Å². The van der Waals surface area contributed by atoms with E-state index in [1.807, 2.05) is 6.92 Å². The molecule has 5 heteroatoms. The van der Waals surface area contributed by atoms with Gasteiger partial charge in [-0.1, -0.05) is 6.07 Å². The minimum absolute atomic E-state index is 0.0535. The quantitative estimate of drug-likeness (QED) is 0.899. The zero-order valence-corrected chi connectivity index (χ0v) is 12.3. The van der Waals surface area contributed by atoms with Crippen molar-refractivity contribution in [3.63, 3.8) is 0 Å². The highest BCUT2D eigenvalue weighted by molar-refractivity contribution is 5.92. The molecule has 21 heavy (non-hydrogen) atoms. The molecule has 1 amide bonds. The zero-order chi connectivity index (χ0) is 15.1. The van der Waals surface area contributed by atoms with Gasteiger partial charge in [-0.2, -0.15) is 5.26 Å². The van der Waals surface area contributed by atoms with Gasteiger partial charge in [0.2, 0.25) is 5.91 Å². The number of likely N-dealkylation sites (tertiary alicyclic amines) is 1. The first-order valence-corrected chi connectivity index (χ1v) is 7.35. The zero-order valence-electron chi connectivity index (χ0n) is 12.3. The molecule has 1 N–H and O–H groups in total. The second kappa shape index (κ2) is 7.77. The summed E-state index contributed by atoms with van der Waals surface area (Å²) >= 11 is 0. The predicted molar refractivity (Wildman–Crippen MR) is 80.9 cm³/mol. The summed E-state index contributed by atoms with van der Waals surface area (Å²) in [7, 11) is 0. The smallest absolute Gasteiger partial charge is 0.238 e. The van der Waals surface area contributed by atoms with Crippen LogP contribution in [0.5, 0.6) is 0 Å². The first-order valence-electron chi connectivity index (χ1n) is 7.35. The number of hydrogen-bond donors (Lipinski definition) is 1. The van der Waals surface area contributed by atoms with Gasteiger partial charge in [-0.25, -0.2) is 0 Å². The van der Waals surface area contributed by atoms with Crippen molar-refractivity contribution in [2.45, 2.75) is 25.9 Å². The van der Waals surface area contributed by atoms with E-state index in [9.17, 15) is 4.79 Å². The summed E-state index contributed by atoms with van der Waals surface area (Å²) in [4.78, 5) is 14.2. The highest BCUT2D eigenvalue weighted by Crippen LogP contribution is 2.14. The number of piperidine rings is 1. The van der Waals surface area contributed by atoms with Gasteiger partial charge in [-0.3, -0.25) is 9.69 Å². The number of hydrogen-bond acceptors (Lipinski definition) is 4. The van der Waals surface area contributed by atoms with Gasteiger partial charge in [-0.05, 0) is 44.5 Å². The van der Waals surface area contributed by atoms with Gasteiger partial charge in [-0.15, -0.1) is 0 Å². The average molecular weight is 287 g/mol. The minimum atomic E-state index is -0.0535. The van der Waals surface area contributed by atoms with Crippen molar-refractivity contribution < 1.29 is 9.53 Å². The monoisotopic (exact) mass is 287 g/mol. The van der Waals surface area contributed by atoms with Gasteiger partial charge in [0.1, 0.15) is 0 Å². The van der Waals surface area contributed by atoms with E-state index >= 15 is 0 Å². The van der Waals surface area contributed by atoms with E-state index in [-0.39, 0.29) is 12.0 Å². The van der Waals surface area contributed by atoms with Crippen molar-refractivity contribution in [3.8, 4) is 6.07 Å². The maximum absolute atomic E-state index is 12.1. The van der Waals surface area contributed by atoms with Crippen LogP contribution in [0.15, 0.2) is 24.3 Å². The molecule has 2 rings (SSSR count). The second-order valence-electron chi connectivity index (χ2n) is 5.20. The SMILES string of the molecule is CCOC1CCCN(CC(=O)Nc2cccc(C#N)c2)C1. The fourth-order valence-electron chi connectivity index (χ4n) is 2.60. The molecule has 1 unspecified atom stereocenters. The van der Waals surface area contributed by atoms with E-state index in [1.54, 1.807) is 24.3 Å². The molecule has 5 nitrogen and oxygen atoms in total. The van der Waals surface area contributed by atoms with Gasteiger partial charge < -0.3 is 10.1 Å². The first-order chi connectivity index (χ1) is 10.2. The molecular formula is C16H21N3O2. The van der Waals surface area contributed by atoms with Gasteiger partial charge >= 0.3 is 0 Å². The summed E-state index contributed by atoms with van der Waals surface area (Å²) in [5.74, 6) is -0.0535. The number of nitrogens with one attached hydrogen (secondary N) is 1. The Labute approximate surface area is 125 Å². The van der Waals surface area contributed by atoms with Crippen LogP contribution >= 0.6 is 0 Å². The Morgan fingerprint density at radius 1 is 1.57 bits per heavy atom. The molecule has 1 aromatic rings. The summed E-state index contributed by atoms with van der Waals surface area (Å²) in [6.07, 6.45) is 2.36. The Kier molecular flexibility index (Phi) is 5.73. The molecule has 1 fully saturated rings. The summed E-state index contributed by atoms with van der Waals surface area (Å²) < 4.78 is 5.63. The van der Waals surface area contributed by atoms with Crippen LogP contribution in [0.2, 0.25) is 0 Å². The number of nitrogens with zero attached hydrogens (tertiary/aromatic N) is 2. The van der Waals surface area contributed by atoms with E-state index in [2.05, 4.69) is 16.3 Å². The third-order valence-electron chi connectivity index (χ3n) is 3.51. The lowest BCUT2D eigenvalue weighted by Gasteiger charge is -2.31. The number of anilines is 1. The van der Waals surface area contributed by atoms with E-state index in [1.165, 1.54) is 0 Å². The normalized spacial score (nSPS) is 19.0. The lowest BCUT2D eigenvalue weighted by atomic mass is 10.1. The number of nitriles is 1. The molecule has 0 saturated carbocycles. The molecule has 1 aromatic carbocycles. The number of amides is 1. The molecule has 0 aliphatic carbocycles. The molecule has 0 aromatic heterocycles. The number of carbonyl (C=O) groups is 1. The largest absolute Gasteiger partial charge is 0.377 e. The number of benzene rings is 1. The summed E-state index contributed by atoms with van der Waals surface area (Å²) in [6.45, 7) is 4.80. The molecule has 1 saturated heterocycles. The highest BCUT2D eigenvalue weighted by atomic mass is 16.5. The Morgan fingerprint density at radius 2 is 2.43 bits per heavy atom. The number of rotatable bonds is 5. The van der Waals surface area contributed by atoms with Crippen LogP contribution in [0.25, 0.3) is 0 Å². The third-order valence-corrected chi connectivity index (χ3v) is 3.51. The third kappa shape index (κ3) is 4.85. The second-order valence-corrected chi connectivity index (χ2v) is 5.20. The topological polar surface area (TPSA) is 65.4 Å². The molecule has 0 spiro atoms. The van der Waals surface area contributed by atoms with Crippen LogP contribution in [0.3, 0.4) is 0 Å². The van der Waals surface area contributed by atoms with Crippen molar-refractivity contribution in [2.24, 2.45) is 0 Å². The summed E-state index contributed by atoms with van der Waals surface area (Å²) in [6, 6.07) is 9.01. The van der Waals surface area contributed by atoms with Gasteiger partial charge in [0.05, 0.1) is 24.3 Å². The highest BCUT2D eigenvalue weighted by Gasteiger charge is 2.21. The van der Waals surface area contributed by atoms with Crippen molar-refractivity contribution in [1.29, 1.82) is 5.26 Å². The van der Waals surface area contributed by atoms with Gasteiger partial charge in [0, 0.05) is 18.8 Å². The van der Waals surface area contributed by atoms with E-state index in [0.717, 1.165) is 25.9 Å². The molecule has 112 valence electrons. The molecule has 1 aliphatic heterocycles. The van der Waals surface area contributed by atoms with Gasteiger partial charge in [0.15, 0.2) is 0 Å². The maximum atomic E-state index is 12.1. The average Bonchev–Trinajstić information content (AvgIpc) is 2.48. The Morgan fingerprint density at radius 3 is 3.19 bits per heavy atom. The predicted octanol–water partition coefficient (Wildman–Crippen LogP) is 2.00. The molecule has 1 aliphatic rings. The van der Waals surface area contributed by atoms with E-state index in [4.69, 9.17) is 10.00 Å². The fourth-order valence-corrected chi connectivity index (χ4v) is 2.60. The minimum Gasteiger partial charge on any atom is -0.377 e. The van der Waals surface area contributed by atoms with Crippen molar-refractivity contribution in [2.75, 3.05) is 31.6 Å². The Bertz CT molecular complexity index is 522. The molecular weight excluding hydrogens is 266 g/mol.